The Morgan fingerprint density at radius 1 is 1.04 bits per heavy atom. The second-order valence-electron chi connectivity index (χ2n) is 12.2. The Morgan fingerprint density at radius 3 is 2.49 bits per heavy atom. The number of rotatable bonds is 8. The van der Waals surface area contributed by atoms with Crippen molar-refractivity contribution in [2.75, 3.05) is 33.9 Å². The van der Waals surface area contributed by atoms with E-state index in [9.17, 15) is 19.2 Å². The van der Waals surface area contributed by atoms with Crippen LogP contribution in [0.5, 0.6) is 11.5 Å². The molecule has 3 N–H and O–H groups in total. The van der Waals surface area contributed by atoms with Gasteiger partial charge in [-0.1, -0.05) is 26.3 Å². The van der Waals surface area contributed by atoms with Gasteiger partial charge in [0.15, 0.2) is 17.3 Å². The zero-order valence-electron chi connectivity index (χ0n) is 29.0. The van der Waals surface area contributed by atoms with Crippen LogP contribution in [0.1, 0.15) is 82.7 Å². The van der Waals surface area contributed by atoms with Gasteiger partial charge in [0.2, 0.25) is 23.6 Å². The molecule has 49 heavy (non-hydrogen) atoms. The van der Waals surface area contributed by atoms with E-state index in [0.29, 0.717) is 68.5 Å². The number of fused-ring (bicyclic) bond motifs is 1. The average Bonchev–Trinajstić information content (AvgIpc) is 3.77. The Hall–Kier alpha value is -5.09. The summed E-state index contributed by atoms with van der Waals surface area (Å²) >= 11 is 0. The zero-order valence-corrected chi connectivity index (χ0v) is 29.0. The molecule has 4 atom stereocenters. The van der Waals surface area contributed by atoms with Crippen molar-refractivity contribution in [2.45, 2.75) is 84.5 Å². The first kappa shape index (κ1) is 36.7. The topological polar surface area (TPSA) is 200 Å². The fourth-order valence-electron chi connectivity index (χ4n) is 5.58. The molecular weight excluding hydrogens is 634 g/mol. The molecule has 266 valence electrons. The third-order valence-corrected chi connectivity index (χ3v) is 8.60. The summed E-state index contributed by atoms with van der Waals surface area (Å²) in [5.74, 6) is 0.648. The van der Waals surface area contributed by atoms with Crippen molar-refractivity contribution in [1.29, 1.82) is 0 Å². The summed E-state index contributed by atoms with van der Waals surface area (Å²) in [7, 11) is 3.12. The molecule has 0 radical (unpaired) electrons. The number of tetrazole rings is 1. The van der Waals surface area contributed by atoms with E-state index >= 15 is 0 Å². The Morgan fingerprint density at radius 2 is 1.80 bits per heavy atom. The first-order valence-corrected chi connectivity index (χ1v) is 16.6. The smallest absolute Gasteiger partial charge is 0.247 e. The number of nitrogens with one attached hydrogen (secondary N) is 3. The molecule has 0 saturated heterocycles. The first-order valence-electron chi connectivity index (χ1n) is 16.6. The van der Waals surface area contributed by atoms with Gasteiger partial charge in [-0.2, -0.15) is 5.10 Å². The van der Waals surface area contributed by atoms with Crippen LogP contribution in [0.3, 0.4) is 0 Å². The molecule has 3 aromatic rings. The Kier molecular flexibility index (Phi) is 13.0. The highest BCUT2D eigenvalue weighted by atomic mass is 16.5. The predicted octanol–water partition coefficient (Wildman–Crippen LogP) is 0.971. The molecule has 0 aliphatic carbocycles. The van der Waals surface area contributed by atoms with Gasteiger partial charge in [-0.25, -0.2) is 14.3 Å². The van der Waals surface area contributed by atoms with Crippen LogP contribution in [0.4, 0.5) is 0 Å². The second kappa shape index (κ2) is 17.3. The standard InChI is InChI=1S/C32H47N11O6/c1-7-20(2)29-31(46)35-21(3)30-36-26(17-23-11-12-24(48-5)25(16-23)49-6)38-42(30)18-28(45)33-13-9-15-41(14-8-10-27(44)37-29)32(47)22(4)43-19-34-39-40-43/h11-12,16,19-22,29H,7-10,13-15,17-18H2,1-6H3,(H,33,45)(H,35,46)(H,37,44)/t20-,21+,22-,29-/m0/s1. The summed E-state index contributed by atoms with van der Waals surface area (Å²) in [5.41, 5.74) is 0.862. The molecule has 3 heterocycles. The Balaban J connectivity index is 1.59. The Bertz CT molecular complexity index is 1580. The first-order chi connectivity index (χ1) is 23.5. The molecule has 0 fully saturated rings. The number of hydrogen-bond donors (Lipinski definition) is 3. The Labute approximate surface area is 285 Å². The van der Waals surface area contributed by atoms with E-state index in [1.807, 2.05) is 26.0 Å². The third-order valence-electron chi connectivity index (χ3n) is 8.60. The summed E-state index contributed by atoms with van der Waals surface area (Å²) in [5, 5.41) is 24.5. The van der Waals surface area contributed by atoms with Crippen molar-refractivity contribution in [3.8, 4) is 11.5 Å². The maximum Gasteiger partial charge on any atom is 0.247 e. The molecular formula is C32H47N11O6. The van der Waals surface area contributed by atoms with Gasteiger partial charge in [0.25, 0.3) is 0 Å². The van der Waals surface area contributed by atoms with Crippen LogP contribution < -0.4 is 25.4 Å². The van der Waals surface area contributed by atoms with Crippen LogP contribution in [0.2, 0.25) is 0 Å². The lowest BCUT2D eigenvalue weighted by Gasteiger charge is -2.27. The molecule has 1 aromatic carbocycles. The number of hydrogen-bond acceptors (Lipinski definition) is 11. The maximum atomic E-state index is 13.6. The fraction of sp³-hybridized carbons (Fsp3) is 0.594. The number of amides is 4. The van der Waals surface area contributed by atoms with Crippen molar-refractivity contribution in [2.24, 2.45) is 5.92 Å². The summed E-state index contributed by atoms with van der Waals surface area (Å²) < 4.78 is 13.6. The molecule has 0 bridgehead atoms. The number of methoxy groups -OCH3 is 2. The van der Waals surface area contributed by atoms with Gasteiger partial charge < -0.3 is 30.3 Å². The fourth-order valence-corrected chi connectivity index (χ4v) is 5.58. The molecule has 17 heteroatoms. The molecule has 4 rings (SSSR count). The van der Waals surface area contributed by atoms with Crippen molar-refractivity contribution >= 4 is 23.6 Å². The molecule has 1 aliphatic heterocycles. The number of ether oxygens (including phenoxy) is 2. The highest BCUT2D eigenvalue weighted by Crippen LogP contribution is 2.28. The minimum absolute atomic E-state index is 0.114. The van der Waals surface area contributed by atoms with Crippen LogP contribution in [-0.4, -0.2) is 103 Å². The maximum absolute atomic E-state index is 13.6. The highest BCUT2D eigenvalue weighted by Gasteiger charge is 2.29. The molecule has 0 unspecified atom stereocenters. The molecule has 1 aliphatic rings. The van der Waals surface area contributed by atoms with Gasteiger partial charge in [-0.05, 0) is 60.7 Å². The summed E-state index contributed by atoms with van der Waals surface area (Å²) in [6.45, 7) is 8.12. The number of carbonyl (C=O) groups is 4. The SMILES string of the molecule is CC[C@H](C)[C@@H]1NC(=O)CCCN(C(=O)[C@H](C)n2cnnn2)CCCNC(=O)Cn2nc(Cc3ccc(OC)c(OC)c3)nc2[C@@H](C)NC1=O. The number of nitrogens with zero attached hydrogens (tertiary/aromatic N) is 8. The number of benzene rings is 1. The second-order valence-corrected chi connectivity index (χ2v) is 12.2. The van der Waals surface area contributed by atoms with Gasteiger partial charge >= 0.3 is 0 Å². The van der Waals surface area contributed by atoms with E-state index in [4.69, 9.17) is 14.5 Å². The van der Waals surface area contributed by atoms with E-state index in [1.54, 1.807) is 39.0 Å². The normalized spacial score (nSPS) is 19.7. The van der Waals surface area contributed by atoms with Gasteiger partial charge in [0, 0.05) is 32.5 Å². The van der Waals surface area contributed by atoms with Crippen molar-refractivity contribution in [3.05, 3.63) is 41.7 Å². The summed E-state index contributed by atoms with van der Waals surface area (Å²) in [6, 6.07) is 3.42. The minimum atomic E-state index is -0.803. The van der Waals surface area contributed by atoms with Gasteiger partial charge in [-0.15, -0.1) is 5.10 Å². The molecule has 2 aromatic heterocycles. The van der Waals surface area contributed by atoms with Crippen molar-refractivity contribution in [3.63, 3.8) is 0 Å². The van der Waals surface area contributed by atoms with Crippen LogP contribution in [0.25, 0.3) is 0 Å². The van der Waals surface area contributed by atoms with Crippen molar-refractivity contribution in [1.82, 2.24) is 55.8 Å². The van der Waals surface area contributed by atoms with Gasteiger partial charge in [-0.3, -0.25) is 19.2 Å². The average molecular weight is 682 g/mol. The quantitative estimate of drug-likeness (QED) is 0.306. The van der Waals surface area contributed by atoms with E-state index in [2.05, 4.69) is 36.6 Å². The minimum Gasteiger partial charge on any atom is -0.493 e. The highest BCUT2D eigenvalue weighted by molar-refractivity contribution is 5.88. The van der Waals surface area contributed by atoms with E-state index in [0.717, 1.165) is 5.56 Å². The van der Waals surface area contributed by atoms with E-state index in [1.165, 1.54) is 15.7 Å². The number of aromatic nitrogens is 7. The lowest BCUT2D eigenvalue weighted by atomic mass is 9.97. The van der Waals surface area contributed by atoms with Crippen LogP contribution in [0, 0.1) is 5.92 Å². The van der Waals surface area contributed by atoms with Crippen LogP contribution in [0.15, 0.2) is 24.5 Å². The monoisotopic (exact) mass is 681 g/mol. The molecule has 4 amide bonds. The van der Waals surface area contributed by atoms with E-state index in [-0.39, 0.29) is 42.5 Å². The van der Waals surface area contributed by atoms with E-state index < -0.39 is 18.1 Å². The zero-order chi connectivity index (χ0) is 35.5. The third kappa shape index (κ3) is 9.73. The largest absolute Gasteiger partial charge is 0.493 e. The van der Waals surface area contributed by atoms with Gasteiger partial charge in [0.05, 0.1) is 20.3 Å². The van der Waals surface area contributed by atoms with Crippen LogP contribution in [-0.2, 0) is 32.1 Å². The predicted molar refractivity (Wildman–Crippen MR) is 176 cm³/mol. The number of carbonyl (C=O) groups excluding carboxylic acids is 4. The molecule has 0 spiro atoms. The lowest BCUT2D eigenvalue weighted by molar-refractivity contribution is -0.135. The van der Waals surface area contributed by atoms with Crippen molar-refractivity contribution < 1.29 is 28.7 Å². The summed E-state index contributed by atoms with van der Waals surface area (Å²) in [4.78, 5) is 59.7. The van der Waals surface area contributed by atoms with Gasteiger partial charge in [0.1, 0.15) is 30.8 Å². The lowest BCUT2D eigenvalue weighted by Crippen LogP contribution is -2.51. The molecule has 0 saturated carbocycles. The summed E-state index contributed by atoms with van der Waals surface area (Å²) in [6.07, 6.45) is 3.32. The van der Waals surface area contributed by atoms with Crippen LogP contribution >= 0.6 is 0 Å². The molecule has 17 nitrogen and oxygen atoms in total.